The summed E-state index contributed by atoms with van der Waals surface area (Å²) in [6.45, 7) is 5.02. The summed E-state index contributed by atoms with van der Waals surface area (Å²) in [6, 6.07) is 4.60. The number of nitrogens with one attached hydrogen (secondary N) is 1. The Morgan fingerprint density at radius 1 is 1.06 bits per heavy atom. The molecule has 2 fully saturated rings. The number of nitrogens with zero attached hydrogens (tertiary/aromatic N) is 7. The third-order valence-corrected chi connectivity index (χ3v) is 9.55. The van der Waals surface area contributed by atoms with Gasteiger partial charge in [-0.3, -0.25) is 9.69 Å². The Labute approximate surface area is 281 Å². The third-order valence-electron chi connectivity index (χ3n) is 9.55. The maximum absolute atomic E-state index is 14.2. The molecule has 0 spiro atoms. The molecule has 0 unspecified atom stereocenters. The normalized spacial score (nSPS) is 16.8. The minimum absolute atomic E-state index is 0.0767. The van der Waals surface area contributed by atoms with Crippen LogP contribution in [-0.2, 0) is 15.7 Å². The van der Waals surface area contributed by atoms with Gasteiger partial charge in [0.15, 0.2) is 11.5 Å². The molecule has 6 rings (SSSR count). The van der Waals surface area contributed by atoms with Gasteiger partial charge in [0.2, 0.25) is 0 Å². The highest BCUT2D eigenvalue weighted by Crippen LogP contribution is 2.41. The Balaban J connectivity index is 1.30. The molecule has 1 saturated carbocycles. The topological polar surface area (TPSA) is 124 Å². The maximum atomic E-state index is 14.2. The fourth-order valence-corrected chi connectivity index (χ4v) is 7.07. The molecule has 4 heterocycles. The number of alkyl halides is 3. The molecule has 1 saturated heterocycles. The van der Waals surface area contributed by atoms with E-state index in [4.69, 9.17) is 14.8 Å². The molecule has 2 N–H and O–H groups in total. The zero-order chi connectivity index (χ0) is 34.8. The number of aromatic nitrogens is 5. The molecular weight excluding hydrogens is 644 g/mol. The maximum Gasteiger partial charge on any atom is 0.419 e. The molecule has 0 atom stereocenters. The number of rotatable bonds is 12. The van der Waals surface area contributed by atoms with Crippen LogP contribution in [-0.4, -0.2) is 101 Å². The number of ether oxygens (including phenoxy) is 1. The second-order valence-corrected chi connectivity index (χ2v) is 13.1. The Hall–Kier alpha value is -4.37. The third kappa shape index (κ3) is 7.77. The standard InChI is InChI=1S/C34H40F4N8O3/c1-44(20-33(21-49-2)9-3-4-10-33)27-17-25(22-7-8-24(35)23(16-22)34(36,37)38)41-32-30(27)42-31(43-32)26-18-40-28(19-39-26)46-14-12-45(13-15-46)11-5-6-29(47)48/h7-8,16-19H,3-6,9-15,20-21H2,1-2H3,(H,47,48)(H,41,42,43). The first-order valence-electron chi connectivity index (χ1n) is 16.4. The molecule has 2 aliphatic rings. The van der Waals surface area contributed by atoms with Gasteiger partial charge in [-0.05, 0) is 50.1 Å². The van der Waals surface area contributed by atoms with Gasteiger partial charge in [0.05, 0.1) is 35.9 Å². The van der Waals surface area contributed by atoms with Gasteiger partial charge in [-0.25, -0.2) is 24.3 Å². The zero-order valence-corrected chi connectivity index (χ0v) is 27.6. The number of carboxylic acid groups (broad SMARTS) is 1. The van der Waals surface area contributed by atoms with Gasteiger partial charge in [0.1, 0.15) is 22.8 Å². The quantitative estimate of drug-likeness (QED) is 0.175. The first kappa shape index (κ1) is 34.5. The summed E-state index contributed by atoms with van der Waals surface area (Å²) in [5, 5.41) is 8.89. The van der Waals surface area contributed by atoms with Gasteiger partial charge >= 0.3 is 12.1 Å². The van der Waals surface area contributed by atoms with E-state index < -0.39 is 23.5 Å². The predicted octanol–water partition coefficient (Wildman–Crippen LogP) is 5.87. The summed E-state index contributed by atoms with van der Waals surface area (Å²) in [6.07, 6.45) is 3.39. The Morgan fingerprint density at radius 2 is 1.82 bits per heavy atom. The van der Waals surface area contributed by atoms with Gasteiger partial charge in [0.25, 0.3) is 0 Å². The predicted molar refractivity (Wildman–Crippen MR) is 177 cm³/mol. The minimum Gasteiger partial charge on any atom is -0.481 e. The lowest BCUT2D eigenvalue weighted by atomic mass is 9.86. The van der Waals surface area contributed by atoms with E-state index >= 15 is 0 Å². The van der Waals surface area contributed by atoms with E-state index in [2.05, 4.69) is 34.6 Å². The molecule has 1 aliphatic carbocycles. The van der Waals surface area contributed by atoms with Crippen molar-refractivity contribution < 1.29 is 32.2 Å². The molecule has 3 aromatic heterocycles. The number of pyridine rings is 1. The number of carboxylic acids is 1. The van der Waals surface area contributed by atoms with Crippen molar-refractivity contribution in [2.24, 2.45) is 5.41 Å². The summed E-state index contributed by atoms with van der Waals surface area (Å²) >= 11 is 0. The van der Waals surface area contributed by atoms with Crippen molar-refractivity contribution in [1.82, 2.24) is 29.8 Å². The molecular formula is C34H40F4N8O3. The van der Waals surface area contributed by atoms with Crippen LogP contribution >= 0.6 is 0 Å². The summed E-state index contributed by atoms with van der Waals surface area (Å²) in [5.74, 6) is -1.02. The van der Waals surface area contributed by atoms with Crippen LogP contribution in [0.4, 0.5) is 29.1 Å². The van der Waals surface area contributed by atoms with E-state index in [-0.39, 0.29) is 28.7 Å². The lowest BCUT2D eigenvalue weighted by Gasteiger charge is -2.35. The van der Waals surface area contributed by atoms with E-state index in [1.807, 2.05) is 7.05 Å². The highest BCUT2D eigenvalue weighted by molar-refractivity contribution is 5.91. The monoisotopic (exact) mass is 684 g/mol. The number of fused-ring (bicyclic) bond motifs is 1. The number of hydrogen-bond acceptors (Lipinski definition) is 9. The summed E-state index contributed by atoms with van der Waals surface area (Å²) in [4.78, 5) is 39.2. The van der Waals surface area contributed by atoms with Crippen LogP contribution in [0.15, 0.2) is 36.7 Å². The van der Waals surface area contributed by atoms with Crippen molar-refractivity contribution in [3.63, 3.8) is 0 Å². The van der Waals surface area contributed by atoms with Crippen LogP contribution in [0, 0.1) is 11.2 Å². The number of anilines is 2. The van der Waals surface area contributed by atoms with E-state index in [1.54, 1.807) is 25.6 Å². The van der Waals surface area contributed by atoms with Crippen LogP contribution in [0.25, 0.3) is 33.9 Å². The Morgan fingerprint density at radius 3 is 2.47 bits per heavy atom. The zero-order valence-electron chi connectivity index (χ0n) is 27.6. The van der Waals surface area contributed by atoms with Gasteiger partial charge < -0.3 is 24.6 Å². The Bertz CT molecular complexity index is 1770. The highest BCUT2D eigenvalue weighted by atomic mass is 19.4. The van der Waals surface area contributed by atoms with Crippen molar-refractivity contribution >= 4 is 28.6 Å². The number of H-pyrrole nitrogens is 1. The molecule has 262 valence electrons. The number of halogens is 4. The first-order valence-corrected chi connectivity index (χ1v) is 16.4. The summed E-state index contributed by atoms with van der Waals surface area (Å²) in [5.41, 5.74) is 0.944. The number of carbonyl (C=O) groups is 1. The van der Waals surface area contributed by atoms with E-state index in [0.29, 0.717) is 48.1 Å². The molecule has 15 heteroatoms. The number of hydrogen-bond donors (Lipinski definition) is 2. The SMILES string of the molecule is COCC1(CN(C)c2cc(-c3ccc(F)c(C(F)(F)F)c3)nc3nc(-c4cnc(N5CCN(CCCC(=O)O)CC5)cn4)[nH]c23)CCCC1. The van der Waals surface area contributed by atoms with Crippen molar-refractivity contribution in [1.29, 1.82) is 0 Å². The number of aromatic amines is 1. The molecule has 4 aromatic rings. The van der Waals surface area contributed by atoms with Crippen LogP contribution in [0.2, 0.25) is 0 Å². The molecule has 0 amide bonds. The second-order valence-electron chi connectivity index (χ2n) is 13.1. The number of piperazine rings is 1. The number of benzene rings is 1. The van der Waals surface area contributed by atoms with Gasteiger partial charge in [0, 0.05) is 64.3 Å². The van der Waals surface area contributed by atoms with Crippen LogP contribution in [0.1, 0.15) is 44.1 Å². The molecule has 1 aromatic carbocycles. The Kier molecular flexibility index (Phi) is 10.0. The largest absolute Gasteiger partial charge is 0.481 e. The van der Waals surface area contributed by atoms with Crippen molar-refractivity contribution in [2.75, 3.05) is 69.8 Å². The van der Waals surface area contributed by atoms with Crippen LogP contribution in [0.5, 0.6) is 0 Å². The van der Waals surface area contributed by atoms with Crippen LogP contribution < -0.4 is 9.80 Å². The van der Waals surface area contributed by atoms with Crippen molar-refractivity contribution in [2.45, 2.75) is 44.7 Å². The second kappa shape index (κ2) is 14.2. The molecule has 11 nitrogen and oxygen atoms in total. The molecule has 0 bridgehead atoms. The molecule has 0 radical (unpaired) electrons. The fourth-order valence-electron chi connectivity index (χ4n) is 7.07. The van der Waals surface area contributed by atoms with Crippen LogP contribution in [0.3, 0.4) is 0 Å². The fraction of sp³-hybridized carbons (Fsp3) is 0.500. The summed E-state index contributed by atoms with van der Waals surface area (Å²) < 4.78 is 60.7. The molecule has 1 aliphatic heterocycles. The highest BCUT2D eigenvalue weighted by Gasteiger charge is 2.36. The smallest absolute Gasteiger partial charge is 0.419 e. The van der Waals surface area contributed by atoms with E-state index in [0.717, 1.165) is 70.5 Å². The summed E-state index contributed by atoms with van der Waals surface area (Å²) in [7, 11) is 3.62. The van der Waals surface area contributed by atoms with E-state index in [1.165, 1.54) is 6.07 Å². The number of methoxy groups -OCH3 is 1. The van der Waals surface area contributed by atoms with Crippen molar-refractivity contribution in [3.8, 4) is 22.8 Å². The number of imidazole rings is 1. The van der Waals surface area contributed by atoms with Gasteiger partial charge in [-0.1, -0.05) is 12.8 Å². The number of aliphatic carboxylic acids is 1. The van der Waals surface area contributed by atoms with Gasteiger partial charge in [-0.2, -0.15) is 13.2 Å². The first-order chi connectivity index (χ1) is 23.4. The lowest BCUT2D eigenvalue weighted by molar-refractivity contribution is -0.140. The average molecular weight is 685 g/mol. The van der Waals surface area contributed by atoms with E-state index in [9.17, 15) is 22.4 Å². The minimum atomic E-state index is -4.86. The van der Waals surface area contributed by atoms with Crippen molar-refractivity contribution in [3.05, 3.63) is 48.0 Å². The average Bonchev–Trinajstić information content (AvgIpc) is 3.72. The lowest BCUT2D eigenvalue weighted by Crippen LogP contribution is -2.47. The van der Waals surface area contributed by atoms with Gasteiger partial charge in [-0.15, -0.1) is 0 Å². The molecule has 49 heavy (non-hydrogen) atoms.